The van der Waals surface area contributed by atoms with Gasteiger partial charge in [0.15, 0.2) is 0 Å². The van der Waals surface area contributed by atoms with Crippen LogP contribution in [0.1, 0.15) is 22.2 Å². The molecule has 0 radical (unpaired) electrons. The zero-order valence-electron chi connectivity index (χ0n) is 11.2. The molecule has 0 aliphatic rings. The number of hydrogen-bond donors (Lipinski definition) is 1. The van der Waals surface area contributed by atoms with E-state index in [1.165, 1.54) is 10.4 Å². The first-order valence-corrected chi connectivity index (χ1v) is 7.38. The molecule has 0 amide bonds. The fourth-order valence-electron chi connectivity index (χ4n) is 2.16. The zero-order valence-corrected chi connectivity index (χ0v) is 12.0. The quantitative estimate of drug-likeness (QED) is 0.783. The number of hydrogen-bond acceptors (Lipinski definition) is 4. The molecule has 1 aromatic carbocycles. The van der Waals surface area contributed by atoms with Crippen molar-refractivity contribution in [3.05, 3.63) is 70.2 Å². The molecule has 0 bridgehead atoms. The lowest BCUT2D eigenvalue weighted by Crippen LogP contribution is -2.22. The Kier molecular flexibility index (Phi) is 3.90. The predicted octanol–water partition coefficient (Wildman–Crippen LogP) is 2.76. The molecule has 1 unspecified atom stereocenters. The summed E-state index contributed by atoms with van der Waals surface area (Å²) >= 11 is 1.77. The summed E-state index contributed by atoms with van der Waals surface area (Å²) in [4.78, 5) is 1.31. The molecular weight excluding hydrogens is 268 g/mol. The molecule has 1 N–H and O–H groups in total. The first kappa shape index (κ1) is 13.0. The molecule has 0 aliphatic carbocycles. The van der Waals surface area contributed by atoms with E-state index in [1.54, 1.807) is 22.2 Å². The maximum absolute atomic E-state index is 3.96. The van der Waals surface area contributed by atoms with Crippen LogP contribution in [0.25, 0.3) is 0 Å². The summed E-state index contributed by atoms with van der Waals surface area (Å²) in [5.41, 5.74) is 2.34. The van der Waals surface area contributed by atoms with Gasteiger partial charge in [-0.05, 0) is 17.0 Å². The topological polar surface area (TPSA) is 42.7 Å². The second-order valence-electron chi connectivity index (χ2n) is 4.59. The molecule has 5 heteroatoms. The second-order valence-corrected chi connectivity index (χ2v) is 5.57. The Hall–Kier alpha value is -1.98. The van der Waals surface area contributed by atoms with Crippen molar-refractivity contribution in [1.82, 2.24) is 20.3 Å². The lowest BCUT2D eigenvalue weighted by Gasteiger charge is -2.18. The van der Waals surface area contributed by atoms with E-state index in [2.05, 4.69) is 57.4 Å². The fourth-order valence-corrected chi connectivity index (χ4v) is 2.99. The highest BCUT2D eigenvalue weighted by molar-refractivity contribution is 7.10. The van der Waals surface area contributed by atoms with Crippen LogP contribution in [-0.2, 0) is 13.6 Å². The van der Waals surface area contributed by atoms with Crippen molar-refractivity contribution in [1.29, 1.82) is 0 Å². The van der Waals surface area contributed by atoms with Gasteiger partial charge in [-0.2, -0.15) is 0 Å². The van der Waals surface area contributed by atoms with Crippen molar-refractivity contribution in [2.75, 3.05) is 0 Å². The normalized spacial score (nSPS) is 12.4. The maximum atomic E-state index is 3.96. The third-order valence-electron chi connectivity index (χ3n) is 3.26. The minimum Gasteiger partial charge on any atom is -0.300 e. The lowest BCUT2D eigenvalue weighted by atomic mass is 10.1. The minimum atomic E-state index is 0.200. The summed E-state index contributed by atoms with van der Waals surface area (Å²) in [5, 5.41) is 13.6. The van der Waals surface area contributed by atoms with Crippen LogP contribution in [0.5, 0.6) is 0 Å². The number of aromatic nitrogens is 3. The first-order chi connectivity index (χ1) is 9.84. The van der Waals surface area contributed by atoms with Crippen LogP contribution in [0.4, 0.5) is 0 Å². The molecule has 0 aliphatic heterocycles. The van der Waals surface area contributed by atoms with E-state index in [4.69, 9.17) is 0 Å². The van der Waals surface area contributed by atoms with E-state index < -0.39 is 0 Å². The molecule has 4 nitrogen and oxygen atoms in total. The highest BCUT2D eigenvalue weighted by Gasteiger charge is 2.15. The summed E-state index contributed by atoms with van der Waals surface area (Å²) in [6.07, 6.45) is 1.80. The summed E-state index contributed by atoms with van der Waals surface area (Å²) < 4.78 is 1.80. The highest BCUT2D eigenvalue weighted by Crippen LogP contribution is 2.26. The molecule has 1 atom stereocenters. The Morgan fingerprint density at radius 2 is 2.05 bits per heavy atom. The number of thiophene rings is 1. The van der Waals surface area contributed by atoms with E-state index in [1.807, 2.05) is 13.1 Å². The number of aryl methyl sites for hydroxylation is 1. The van der Waals surface area contributed by atoms with Crippen LogP contribution >= 0.6 is 11.3 Å². The average Bonchev–Trinajstić information content (AvgIpc) is 3.13. The fraction of sp³-hybridized carbons (Fsp3) is 0.200. The highest BCUT2D eigenvalue weighted by atomic mass is 32.1. The molecular formula is C15H16N4S. The third-order valence-corrected chi connectivity index (χ3v) is 4.19. The molecule has 0 spiro atoms. The van der Waals surface area contributed by atoms with E-state index in [9.17, 15) is 0 Å². The van der Waals surface area contributed by atoms with Gasteiger partial charge < -0.3 is 0 Å². The number of benzene rings is 1. The minimum absolute atomic E-state index is 0.200. The van der Waals surface area contributed by atoms with Gasteiger partial charge in [0, 0.05) is 18.5 Å². The molecule has 20 heavy (non-hydrogen) atoms. The molecule has 0 saturated carbocycles. The molecule has 0 fully saturated rings. The van der Waals surface area contributed by atoms with E-state index in [0.29, 0.717) is 0 Å². The number of rotatable bonds is 5. The van der Waals surface area contributed by atoms with E-state index in [0.717, 1.165) is 12.2 Å². The van der Waals surface area contributed by atoms with Gasteiger partial charge in [-0.1, -0.05) is 41.6 Å². The average molecular weight is 284 g/mol. The summed E-state index contributed by atoms with van der Waals surface area (Å²) in [7, 11) is 1.91. The van der Waals surface area contributed by atoms with Gasteiger partial charge in [0.05, 0.1) is 17.9 Å². The maximum Gasteiger partial charge on any atom is 0.0738 e. The van der Waals surface area contributed by atoms with Crippen molar-refractivity contribution in [2.45, 2.75) is 12.6 Å². The smallest absolute Gasteiger partial charge is 0.0738 e. The first-order valence-electron chi connectivity index (χ1n) is 6.50. The summed E-state index contributed by atoms with van der Waals surface area (Å²) in [6.45, 7) is 0.737. The largest absolute Gasteiger partial charge is 0.300 e. The van der Waals surface area contributed by atoms with Gasteiger partial charge in [-0.25, -0.2) is 0 Å². The van der Waals surface area contributed by atoms with Gasteiger partial charge in [-0.3, -0.25) is 10.00 Å². The Labute approximate surface area is 122 Å². The number of nitrogens with one attached hydrogen (secondary N) is 1. The molecule has 3 rings (SSSR count). The molecule has 102 valence electrons. The SMILES string of the molecule is Cn1nncc1CNC(c1ccccc1)c1cccs1. The zero-order chi connectivity index (χ0) is 13.8. The van der Waals surface area contributed by atoms with Crippen LogP contribution in [0.3, 0.4) is 0 Å². The van der Waals surface area contributed by atoms with Crippen LogP contribution in [0, 0.1) is 0 Å². The van der Waals surface area contributed by atoms with Crippen LogP contribution in [0.2, 0.25) is 0 Å². The van der Waals surface area contributed by atoms with Gasteiger partial charge in [0.25, 0.3) is 0 Å². The van der Waals surface area contributed by atoms with Crippen molar-refractivity contribution in [3.63, 3.8) is 0 Å². The Morgan fingerprint density at radius 3 is 2.70 bits per heavy atom. The monoisotopic (exact) mass is 284 g/mol. The van der Waals surface area contributed by atoms with Gasteiger partial charge >= 0.3 is 0 Å². The Balaban J connectivity index is 1.82. The molecule has 2 aromatic heterocycles. The lowest BCUT2D eigenvalue weighted by molar-refractivity contribution is 0.573. The van der Waals surface area contributed by atoms with Crippen molar-refractivity contribution in [2.24, 2.45) is 7.05 Å². The van der Waals surface area contributed by atoms with E-state index >= 15 is 0 Å². The van der Waals surface area contributed by atoms with Gasteiger partial charge in [0.2, 0.25) is 0 Å². The van der Waals surface area contributed by atoms with Crippen LogP contribution in [0.15, 0.2) is 54.0 Å². The summed E-state index contributed by atoms with van der Waals surface area (Å²) in [5.74, 6) is 0. The standard InChI is InChI=1S/C15H16N4S/c1-19-13(11-17-18-19)10-16-15(14-8-5-9-20-14)12-6-3-2-4-7-12/h2-9,11,15-16H,10H2,1H3. The molecule has 3 aromatic rings. The van der Waals surface area contributed by atoms with Crippen LogP contribution < -0.4 is 5.32 Å². The third kappa shape index (κ3) is 2.79. The van der Waals surface area contributed by atoms with E-state index in [-0.39, 0.29) is 6.04 Å². The molecule has 2 heterocycles. The van der Waals surface area contributed by atoms with Gasteiger partial charge in [0.1, 0.15) is 0 Å². The van der Waals surface area contributed by atoms with Crippen LogP contribution in [-0.4, -0.2) is 15.0 Å². The van der Waals surface area contributed by atoms with Crippen molar-refractivity contribution < 1.29 is 0 Å². The Bertz CT molecular complexity index is 646. The van der Waals surface area contributed by atoms with Crippen molar-refractivity contribution in [3.8, 4) is 0 Å². The Morgan fingerprint density at radius 1 is 1.20 bits per heavy atom. The number of nitrogens with zero attached hydrogens (tertiary/aromatic N) is 3. The summed E-state index contributed by atoms with van der Waals surface area (Å²) in [6, 6.07) is 14.9. The van der Waals surface area contributed by atoms with Crippen molar-refractivity contribution >= 4 is 11.3 Å². The second kappa shape index (κ2) is 5.98. The predicted molar refractivity (Wildman–Crippen MR) is 80.4 cm³/mol. The molecule has 0 saturated heterocycles. The van der Waals surface area contributed by atoms with Gasteiger partial charge in [-0.15, -0.1) is 16.4 Å².